The van der Waals surface area contributed by atoms with Crippen LogP contribution in [0.25, 0.3) is 0 Å². The minimum atomic E-state index is -0.515. The molecule has 0 aliphatic carbocycles. The molecule has 1 atom stereocenters. The Labute approximate surface area is 68.9 Å². The van der Waals surface area contributed by atoms with Gasteiger partial charge in [0.1, 0.15) is 0 Å². The molecule has 1 rings (SSSR count). The highest BCUT2D eigenvalue weighted by Gasteiger charge is 2.20. The van der Waals surface area contributed by atoms with Crippen LogP contribution in [0.5, 0.6) is 0 Å². The molecule has 0 aliphatic rings. The first-order chi connectivity index (χ1) is 5.52. The molecule has 6 nitrogen and oxygen atoms in total. The lowest BCUT2D eigenvalue weighted by atomic mass is 10.2. The Balaban J connectivity index is 3.17. The summed E-state index contributed by atoms with van der Waals surface area (Å²) in [5.74, 6) is 0.400. The van der Waals surface area contributed by atoms with Crippen molar-refractivity contribution in [3.8, 4) is 0 Å². The van der Waals surface area contributed by atoms with Gasteiger partial charge in [-0.15, -0.1) is 0 Å². The molecular weight excluding hydrogens is 160 g/mol. The maximum atomic E-state index is 10.4. The fourth-order valence-electron chi connectivity index (χ4n) is 0.954. The number of nitrogens with two attached hydrogens (primary N) is 1. The number of H-pyrrole nitrogens is 1. The van der Waals surface area contributed by atoms with Gasteiger partial charge in [-0.3, -0.25) is 0 Å². The van der Waals surface area contributed by atoms with E-state index in [-0.39, 0.29) is 5.82 Å². The van der Waals surface area contributed by atoms with Gasteiger partial charge in [-0.1, -0.05) is 0 Å². The molecule has 1 unspecified atom stereocenters. The largest absolute Gasteiger partial charge is 0.358 e. The van der Waals surface area contributed by atoms with Crippen LogP contribution in [0.1, 0.15) is 24.5 Å². The van der Waals surface area contributed by atoms with Gasteiger partial charge < -0.3 is 15.8 Å². The topological polar surface area (TPSA) is 97.8 Å². The number of aryl methyl sites for hydroxylation is 1. The number of nitrogens with one attached hydrogen (secondary N) is 1. The van der Waals surface area contributed by atoms with Gasteiger partial charge in [0.25, 0.3) is 0 Å². The monoisotopic (exact) mass is 170 g/mol. The highest BCUT2D eigenvalue weighted by Crippen LogP contribution is 2.19. The van der Waals surface area contributed by atoms with E-state index in [0.29, 0.717) is 11.5 Å². The van der Waals surface area contributed by atoms with Crippen LogP contribution in [0.3, 0.4) is 0 Å². The second-order valence-electron chi connectivity index (χ2n) is 2.60. The van der Waals surface area contributed by atoms with E-state index in [1.165, 1.54) is 0 Å². The summed E-state index contributed by atoms with van der Waals surface area (Å²) in [7, 11) is 0. The van der Waals surface area contributed by atoms with Crippen molar-refractivity contribution in [3.05, 3.63) is 21.6 Å². The smallest absolute Gasteiger partial charge is 0.345 e. The first-order valence-corrected chi connectivity index (χ1v) is 3.49. The zero-order chi connectivity index (χ0) is 9.30. The molecule has 0 amide bonds. The third kappa shape index (κ3) is 1.42. The number of nitrogens with zero attached hydrogens (tertiary/aromatic N) is 2. The molecule has 0 saturated carbocycles. The van der Waals surface area contributed by atoms with Crippen molar-refractivity contribution in [2.45, 2.75) is 19.9 Å². The van der Waals surface area contributed by atoms with Gasteiger partial charge >= 0.3 is 5.82 Å². The van der Waals surface area contributed by atoms with Crippen LogP contribution in [-0.4, -0.2) is 14.9 Å². The number of hydrogen-bond acceptors (Lipinski definition) is 4. The predicted molar refractivity (Wildman–Crippen MR) is 42.6 cm³/mol. The minimum absolute atomic E-state index is 0.109. The highest BCUT2D eigenvalue weighted by atomic mass is 16.6. The second-order valence-corrected chi connectivity index (χ2v) is 2.60. The molecule has 66 valence electrons. The fraction of sp³-hybridized carbons (Fsp3) is 0.500. The summed E-state index contributed by atoms with van der Waals surface area (Å²) in [5, 5.41) is 10.4. The Bertz CT molecular complexity index is 304. The molecule has 1 aromatic heterocycles. The van der Waals surface area contributed by atoms with E-state index in [0.717, 1.165) is 0 Å². The van der Waals surface area contributed by atoms with Crippen molar-refractivity contribution in [2.75, 3.05) is 0 Å². The molecule has 0 spiro atoms. The molecule has 0 bridgehead atoms. The molecule has 1 aromatic rings. The summed E-state index contributed by atoms with van der Waals surface area (Å²) >= 11 is 0. The molecule has 0 saturated heterocycles. The average molecular weight is 170 g/mol. The van der Waals surface area contributed by atoms with Crippen molar-refractivity contribution in [3.63, 3.8) is 0 Å². The third-order valence-electron chi connectivity index (χ3n) is 1.44. The Hall–Kier alpha value is -1.43. The van der Waals surface area contributed by atoms with E-state index in [4.69, 9.17) is 5.73 Å². The van der Waals surface area contributed by atoms with E-state index >= 15 is 0 Å². The normalized spacial score (nSPS) is 12.9. The molecule has 6 heteroatoms. The first-order valence-electron chi connectivity index (χ1n) is 3.49. The van der Waals surface area contributed by atoms with Crippen molar-refractivity contribution in [2.24, 2.45) is 5.73 Å². The molecular formula is C6H10N4O2. The summed E-state index contributed by atoms with van der Waals surface area (Å²) in [6.45, 7) is 3.31. The van der Waals surface area contributed by atoms with Gasteiger partial charge in [0.15, 0.2) is 11.5 Å². The minimum Gasteiger partial charge on any atom is -0.358 e. The zero-order valence-corrected chi connectivity index (χ0v) is 6.87. The number of nitro groups is 1. The lowest BCUT2D eigenvalue weighted by molar-refractivity contribution is -0.390. The lowest BCUT2D eigenvalue weighted by Gasteiger charge is -1.98. The number of imidazole rings is 1. The number of rotatable bonds is 2. The van der Waals surface area contributed by atoms with E-state index in [2.05, 4.69) is 9.97 Å². The number of hydrogen-bond donors (Lipinski definition) is 2. The lowest BCUT2D eigenvalue weighted by Crippen LogP contribution is -2.07. The van der Waals surface area contributed by atoms with E-state index in [1.54, 1.807) is 13.8 Å². The first kappa shape index (κ1) is 8.66. The van der Waals surface area contributed by atoms with E-state index in [1.807, 2.05) is 0 Å². The molecule has 0 fully saturated rings. The van der Waals surface area contributed by atoms with Gasteiger partial charge in [-0.05, 0) is 11.8 Å². The molecule has 0 radical (unpaired) electrons. The van der Waals surface area contributed by atoms with E-state index in [9.17, 15) is 10.1 Å². The molecule has 0 aromatic carbocycles. The van der Waals surface area contributed by atoms with Crippen molar-refractivity contribution in [1.29, 1.82) is 0 Å². The number of aromatic amines is 1. The molecule has 0 aliphatic heterocycles. The van der Waals surface area contributed by atoms with Gasteiger partial charge in [-0.2, -0.15) is 0 Å². The van der Waals surface area contributed by atoms with Crippen LogP contribution in [0.2, 0.25) is 0 Å². The predicted octanol–water partition coefficient (Wildman–Crippen LogP) is 0.646. The Morgan fingerprint density at radius 1 is 1.75 bits per heavy atom. The molecule has 3 N–H and O–H groups in total. The van der Waals surface area contributed by atoms with Gasteiger partial charge in [0.05, 0.1) is 6.04 Å². The van der Waals surface area contributed by atoms with Crippen LogP contribution in [0.4, 0.5) is 5.82 Å². The summed E-state index contributed by atoms with van der Waals surface area (Å²) in [4.78, 5) is 16.3. The fourth-order valence-corrected chi connectivity index (χ4v) is 0.954. The standard InChI is InChI=1S/C6H10N4O2/c1-3(7)5-6(10(11)12)9-4(2)8-5/h3H,7H2,1-2H3,(H,8,9). The maximum Gasteiger partial charge on any atom is 0.345 e. The summed E-state index contributed by atoms with van der Waals surface area (Å²) in [6, 6.07) is -0.421. The second kappa shape index (κ2) is 2.90. The van der Waals surface area contributed by atoms with Gasteiger partial charge in [0, 0.05) is 6.92 Å². The maximum absolute atomic E-state index is 10.4. The zero-order valence-electron chi connectivity index (χ0n) is 6.87. The Kier molecular flexibility index (Phi) is 2.09. The van der Waals surface area contributed by atoms with Crippen LogP contribution >= 0.6 is 0 Å². The van der Waals surface area contributed by atoms with Crippen LogP contribution in [-0.2, 0) is 0 Å². The van der Waals surface area contributed by atoms with Crippen LogP contribution in [0.15, 0.2) is 0 Å². The van der Waals surface area contributed by atoms with Crippen molar-refractivity contribution >= 4 is 5.82 Å². The van der Waals surface area contributed by atoms with Crippen LogP contribution < -0.4 is 5.73 Å². The quantitative estimate of drug-likeness (QED) is 0.502. The Morgan fingerprint density at radius 3 is 2.67 bits per heavy atom. The van der Waals surface area contributed by atoms with Crippen LogP contribution in [0, 0.1) is 17.0 Å². The van der Waals surface area contributed by atoms with Crippen molar-refractivity contribution in [1.82, 2.24) is 9.97 Å². The average Bonchev–Trinajstić information content (AvgIpc) is 2.31. The Morgan fingerprint density at radius 2 is 2.33 bits per heavy atom. The van der Waals surface area contributed by atoms with Crippen molar-refractivity contribution < 1.29 is 4.92 Å². The molecule has 1 heterocycles. The van der Waals surface area contributed by atoms with E-state index < -0.39 is 11.0 Å². The molecule has 12 heavy (non-hydrogen) atoms. The SMILES string of the molecule is Cc1nc(C(C)N)c([N+](=O)[O-])[nH]1. The third-order valence-corrected chi connectivity index (χ3v) is 1.44. The van der Waals surface area contributed by atoms with Gasteiger partial charge in [-0.25, -0.2) is 9.97 Å². The van der Waals surface area contributed by atoms with Gasteiger partial charge in [0.2, 0.25) is 0 Å². The summed E-state index contributed by atoms with van der Waals surface area (Å²) < 4.78 is 0. The summed E-state index contributed by atoms with van der Waals surface area (Å²) in [5.41, 5.74) is 5.78. The number of aromatic nitrogens is 2. The summed E-state index contributed by atoms with van der Waals surface area (Å²) in [6.07, 6.45) is 0. The highest BCUT2D eigenvalue weighted by molar-refractivity contribution is 5.30.